The van der Waals surface area contributed by atoms with Gasteiger partial charge in [-0.15, -0.1) is 0 Å². The van der Waals surface area contributed by atoms with Crippen LogP contribution in [0.2, 0.25) is 0 Å². The number of rotatable bonds is 3. The Morgan fingerprint density at radius 1 is 1.56 bits per heavy atom. The summed E-state index contributed by atoms with van der Waals surface area (Å²) in [6, 6.07) is 0. The molecule has 0 spiro atoms. The minimum absolute atomic E-state index is 0.0801. The van der Waals surface area contributed by atoms with Gasteiger partial charge in [0.05, 0.1) is 12.5 Å². The molecule has 1 rings (SSSR count). The van der Waals surface area contributed by atoms with Crippen molar-refractivity contribution < 1.29 is 14.3 Å². The second kappa shape index (κ2) is 5.28. The Labute approximate surface area is 96.9 Å². The van der Waals surface area contributed by atoms with Crippen molar-refractivity contribution in [1.29, 1.82) is 0 Å². The largest absolute Gasteiger partial charge is 0.466 e. The van der Waals surface area contributed by atoms with Crippen LogP contribution in [0.15, 0.2) is 11.6 Å². The molecular weight excluding hydrogens is 204 g/mol. The van der Waals surface area contributed by atoms with Crippen LogP contribution in [0.5, 0.6) is 0 Å². The van der Waals surface area contributed by atoms with Gasteiger partial charge in [-0.25, -0.2) is 0 Å². The normalized spacial score (nSPS) is 25.6. The Morgan fingerprint density at radius 3 is 2.69 bits per heavy atom. The predicted molar refractivity (Wildman–Crippen MR) is 61.8 cm³/mol. The van der Waals surface area contributed by atoms with Crippen LogP contribution in [0.3, 0.4) is 0 Å². The van der Waals surface area contributed by atoms with E-state index in [1.807, 2.05) is 20.8 Å². The standard InChI is InChI=1S/C13H20O3/c1-5-16-13(15)12-9(4)6-10(14)7-11(12)8(2)3/h6,8,11-12H,5,7H2,1-4H3/t11-,12-/m1/s1. The van der Waals surface area contributed by atoms with E-state index < -0.39 is 0 Å². The van der Waals surface area contributed by atoms with Crippen molar-refractivity contribution in [3.05, 3.63) is 11.6 Å². The van der Waals surface area contributed by atoms with Crippen molar-refractivity contribution in [3.63, 3.8) is 0 Å². The molecule has 0 unspecified atom stereocenters. The van der Waals surface area contributed by atoms with E-state index in [1.165, 1.54) is 0 Å². The van der Waals surface area contributed by atoms with E-state index in [4.69, 9.17) is 4.74 Å². The van der Waals surface area contributed by atoms with Crippen molar-refractivity contribution in [3.8, 4) is 0 Å². The molecule has 0 amide bonds. The van der Waals surface area contributed by atoms with E-state index in [9.17, 15) is 9.59 Å². The minimum Gasteiger partial charge on any atom is -0.466 e. The molecule has 1 aliphatic carbocycles. The smallest absolute Gasteiger partial charge is 0.313 e. The third-order valence-corrected chi connectivity index (χ3v) is 3.14. The van der Waals surface area contributed by atoms with Gasteiger partial charge in [0.2, 0.25) is 0 Å². The highest BCUT2D eigenvalue weighted by atomic mass is 16.5. The van der Waals surface area contributed by atoms with Gasteiger partial charge in [0.25, 0.3) is 0 Å². The lowest BCUT2D eigenvalue weighted by molar-refractivity contribution is -0.149. The molecule has 0 N–H and O–H groups in total. The van der Waals surface area contributed by atoms with Crippen LogP contribution < -0.4 is 0 Å². The Bertz CT molecular complexity index is 315. The molecule has 0 radical (unpaired) electrons. The van der Waals surface area contributed by atoms with Crippen molar-refractivity contribution >= 4 is 11.8 Å². The first-order chi connectivity index (χ1) is 7.47. The van der Waals surface area contributed by atoms with E-state index in [0.717, 1.165) is 5.57 Å². The summed E-state index contributed by atoms with van der Waals surface area (Å²) in [5.41, 5.74) is 0.841. The summed E-state index contributed by atoms with van der Waals surface area (Å²) in [6.07, 6.45) is 2.04. The quantitative estimate of drug-likeness (QED) is 0.691. The fourth-order valence-electron chi connectivity index (χ4n) is 2.30. The average molecular weight is 224 g/mol. The molecule has 90 valence electrons. The Balaban J connectivity index is 2.95. The third kappa shape index (κ3) is 2.71. The lowest BCUT2D eigenvalue weighted by atomic mass is 9.73. The number of carbonyl (C=O) groups excluding carboxylic acids is 2. The van der Waals surface area contributed by atoms with Gasteiger partial charge in [0, 0.05) is 6.42 Å². The topological polar surface area (TPSA) is 43.4 Å². The average Bonchev–Trinajstić information content (AvgIpc) is 2.16. The zero-order chi connectivity index (χ0) is 12.3. The molecule has 0 aromatic carbocycles. The first-order valence-electron chi connectivity index (χ1n) is 5.85. The zero-order valence-corrected chi connectivity index (χ0v) is 10.4. The number of carbonyl (C=O) groups is 2. The van der Waals surface area contributed by atoms with Gasteiger partial charge >= 0.3 is 5.97 Å². The molecule has 16 heavy (non-hydrogen) atoms. The number of ketones is 1. The maximum absolute atomic E-state index is 11.9. The number of esters is 1. The SMILES string of the molecule is CCOC(=O)[C@@H]1C(C)=CC(=O)C[C@@H]1C(C)C. The summed E-state index contributed by atoms with van der Waals surface area (Å²) in [7, 11) is 0. The number of hydrogen-bond acceptors (Lipinski definition) is 3. The monoisotopic (exact) mass is 224 g/mol. The van der Waals surface area contributed by atoms with E-state index in [2.05, 4.69) is 0 Å². The van der Waals surface area contributed by atoms with Crippen LogP contribution in [-0.4, -0.2) is 18.4 Å². The number of allylic oxidation sites excluding steroid dienone is 1. The number of hydrogen-bond donors (Lipinski definition) is 0. The Kier molecular flexibility index (Phi) is 4.27. The first-order valence-corrected chi connectivity index (χ1v) is 5.85. The molecule has 0 saturated heterocycles. The molecule has 0 aliphatic heterocycles. The van der Waals surface area contributed by atoms with Crippen LogP contribution in [0, 0.1) is 17.8 Å². The maximum atomic E-state index is 11.9. The fourth-order valence-corrected chi connectivity index (χ4v) is 2.30. The van der Waals surface area contributed by atoms with Crippen molar-refractivity contribution in [2.24, 2.45) is 17.8 Å². The third-order valence-electron chi connectivity index (χ3n) is 3.14. The second-order valence-corrected chi connectivity index (χ2v) is 4.70. The van der Waals surface area contributed by atoms with Crippen molar-refractivity contribution in [1.82, 2.24) is 0 Å². The van der Waals surface area contributed by atoms with E-state index in [1.54, 1.807) is 13.0 Å². The summed E-state index contributed by atoms with van der Waals surface area (Å²) < 4.78 is 5.08. The van der Waals surface area contributed by atoms with Gasteiger partial charge in [0.1, 0.15) is 0 Å². The van der Waals surface area contributed by atoms with E-state index in [-0.39, 0.29) is 23.6 Å². The van der Waals surface area contributed by atoms with Crippen LogP contribution in [0.1, 0.15) is 34.1 Å². The Morgan fingerprint density at radius 2 is 2.19 bits per heavy atom. The van der Waals surface area contributed by atoms with E-state index in [0.29, 0.717) is 18.9 Å². The van der Waals surface area contributed by atoms with Crippen molar-refractivity contribution in [2.45, 2.75) is 34.1 Å². The molecule has 2 atom stereocenters. The van der Waals surface area contributed by atoms with E-state index >= 15 is 0 Å². The van der Waals surface area contributed by atoms with Gasteiger partial charge in [0.15, 0.2) is 5.78 Å². The van der Waals surface area contributed by atoms with Gasteiger partial charge in [-0.2, -0.15) is 0 Å². The molecule has 0 fully saturated rings. The maximum Gasteiger partial charge on any atom is 0.313 e. The summed E-state index contributed by atoms with van der Waals surface area (Å²) in [6.45, 7) is 8.12. The van der Waals surface area contributed by atoms with Gasteiger partial charge in [-0.05, 0) is 31.8 Å². The number of ether oxygens (including phenoxy) is 1. The highest BCUT2D eigenvalue weighted by Gasteiger charge is 2.37. The molecule has 3 nitrogen and oxygen atoms in total. The molecule has 0 aromatic rings. The lowest BCUT2D eigenvalue weighted by Crippen LogP contribution is -2.34. The molecule has 0 aromatic heterocycles. The highest BCUT2D eigenvalue weighted by Crippen LogP contribution is 2.34. The first kappa shape index (κ1) is 12.9. The summed E-state index contributed by atoms with van der Waals surface area (Å²) in [4.78, 5) is 23.3. The molecule has 0 heterocycles. The molecule has 0 saturated carbocycles. The zero-order valence-electron chi connectivity index (χ0n) is 10.4. The van der Waals surface area contributed by atoms with Crippen LogP contribution in [-0.2, 0) is 14.3 Å². The molecule has 0 bridgehead atoms. The molecule has 3 heteroatoms. The summed E-state index contributed by atoms with van der Waals surface area (Å²) >= 11 is 0. The Hall–Kier alpha value is -1.12. The van der Waals surface area contributed by atoms with Crippen LogP contribution in [0.25, 0.3) is 0 Å². The minimum atomic E-state index is -0.238. The van der Waals surface area contributed by atoms with Gasteiger partial charge < -0.3 is 4.74 Å². The molecule has 1 aliphatic rings. The fraction of sp³-hybridized carbons (Fsp3) is 0.692. The second-order valence-electron chi connectivity index (χ2n) is 4.70. The highest BCUT2D eigenvalue weighted by molar-refractivity contribution is 5.94. The van der Waals surface area contributed by atoms with Gasteiger partial charge in [-0.1, -0.05) is 19.4 Å². The summed E-state index contributed by atoms with van der Waals surface area (Å²) in [5, 5.41) is 0. The van der Waals surface area contributed by atoms with Crippen LogP contribution in [0.4, 0.5) is 0 Å². The van der Waals surface area contributed by atoms with Gasteiger partial charge in [-0.3, -0.25) is 9.59 Å². The lowest BCUT2D eigenvalue weighted by Gasteiger charge is -2.31. The van der Waals surface area contributed by atoms with Crippen LogP contribution >= 0.6 is 0 Å². The summed E-state index contributed by atoms with van der Waals surface area (Å²) in [5.74, 6) is 0.0791. The predicted octanol–water partition coefficient (Wildman–Crippen LogP) is 2.36. The van der Waals surface area contributed by atoms with Crippen molar-refractivity contribution in [2.75, 3.05) is 6.61 Å². The molecular formula is C13H20O3.